The normalized spacial score (nSPS) is 10.3. The molecule has 7 heteroatoms. The molecule has 0 radical (unpaired) electrons. The van der Waals surface area contributed by atoms with Crippen molar-refractivity contribution in [3.63, 3.8) is 0 Å². The molecule has 0 aliphatic rings. The summed E-state index contributed by atoms with van der Waals surface area (Å²) in [6, 6.07) is 2.06. The number of anilines is 1. The summed E-state index contributed by atoms with van der Waals surface area (Å²) in [4.78, 5) is 15.7. The number of nitrogens with zero attached hydrogens (tertiary/aromatic N) is 3. The molecule has 92 valence electrons. The topological polar surface area (TPSA) is 93.9 Å². The molecule has 2 rings (SSSR count). The van der Waals surface area contributed by atoms with Crippen LogP contribution in [-0.2, 0) is 11.8 Å². The van der Waals surface area contributed by atoms with Crippen LogP contribution in [0, 0.1) is 11.3 Å². The molecule has 0 aromatic carbocycles. The van der Waals surface area contributed by atoms with Gasteiger partial charge in [-0.05, 0) is 15.9 Å². The van der Waals surface area contributed by atoms with E-state index in [-0.39, 0.29) is 11.4 Å². The number of nitriles is 1. The fraction of sp³-hybridized carbons (Fsp3) is 0.182. The molecule has 0 aliphatic carbocycles. The lowest BCUT2D eigenvalue weighted by atomic mass is 10.2. The van der Waals surface area contributed by atoms with Crippen molar-refractivity contribution < 1.29 is 9.53 Å². The van der Waals surface area contributed by atoms with Crippen LogP contribution in [0.1, 0.15) is 16.1 Å². The lowest BCUT2D eigenvalue weighted by Crippen LogP contribution is -2.10. The van der Waals surface area contributed by atoms with Crippen molar-refractivity contribution in [2.24, 2.45) is 7.05 Å². The molecule has 0 bridgehead atoms. The Hall–Kier alpha value is -2.07. The third-order valence-electron chi connectivity index (χ3n) is 2.58. The van der Waals surface area contributed by atoms with Gasteiger partial charge in [0.2, 0.25) is 0 Å². The van der Waals surface area contributed by atoms with Crippen LogP contribution >= 0.6 is 15.9 Å². The van der Waals surface area contributed by atoms with Gasteiger partial charge in [0.25, 0.3) is 0 Å². The average Bonchev–Trinajstić information content (AvgIpc) is 2.69. The smallest absolute Gasteiger partial charge is 0.358 e. The highest BCUT2D eigenvalue weighted by Gasteiger charge is 2.21. The van der Waals surface area contributed by atoms with Crippen molar-refractivity contribution >= 4 is 38.6 Å². The Morgan fingerprint density at radius 3 is 2.89 bits per heavy atom. The Labute approximate surface area is 111 Å². The highest BCUT2D eigenvalue weighted by atomic mass is 79.9. The summed E-state index contributed by atoms with van der Waals surface area (Å²) in [5.74, 6) is -0.616. The van der Waals surface area contributed by atoms with Gasteiger partial charge < -0.3 is 15.0 Å². The third kappa shape index (κ3) is 1.62. The van der Waals surface area contributed by atoms with Crippen molar-refractivity contribution in [1.82, 2.24) is 9.55 Å². The fourth-order valence-electron chi connectivity index (χ4n) is 1.71. The van der Waals surface area contributed by atoms with Crippen molar-refractivity contribution in [3.05, 3.63) is 21.9 Å². The highest BCUT2D eigenvalue weighted by molar-refractivity contribution is 9.10. The van der Waals surface area contributed by atoms with Gasteiger partial charge in [0.15, 0.2) is 5.69 Å². The number of hydrogen-bond donors (Lipinski definition) is 1. The first-order valence-electron chi connectivity index (χ1n) is 4.93. The molecule has 0 fully saturated rings. The molecule has 0 unspecified atom stereocenters. The zero-order valence-electron chi connectivity index (χ0n) is 9.69. The summed E-state index contributed by atoms with van der Waals surface area (Å²) in [6.07, 6.45) is 1.63. The molecular weight excluding hydrogens is 300 g/mol. The first-order valence-corrected chi connectivity index (χ1v) is 5.73. The molecule has 0 aliphatic heterocycles. The lowest BCUT2D eigenvalue weighted by molar-refractivity contribution is 0.0595. The standard InChI is InChI=1S/C11H9BrN4O2/c1-16-4-5(3-13)6-7(12)8(14)9(11(17)18-2)15-10(6)16/h4H,14H2,1-2H3. The fourth-order valence-corrected chi connectivity index (χ4v) is 2.29. The van der Waals surface area contributed by atoms with Gasteiger partial charge in [-0.3, -0.25) is 0 Å². The average molecular weight is 309 g/mol. The van der Waals surface area contributed by atoms with Crippen LogP contribution in [0.15, 0.2) is 10.7 Å². The van der Waals surface area contributed by atoms with E-state index in [4.69, 9.17) is 11.0 Å². The van der Waals surface area contributed by atoms with E-state index in [1.54, 1.807) is 17.8 Å². The van der Waals surface area contributed by atoms with Crippen LogP contribution in [0.3, 0.4) is 0 Å². The van der Waals surface area contributed by atoms with Gasteiger partial charge in [0, 0.05) is 13.2 Å². The molecule has 2 N–H and O–H groups in total. The summed E-state index contributed by atoms with van der Waals surface area (Å²) in [5, 5.41) is 9.63. The van der Waals surface area contributed by atoms with Gasteiger partial charge in [0.05, 0.1) is 28.2 Å². The Kier molecular flexibility index (Phi) is 2.97. The van der Waals surface area contributed by atoms with Gasteiger partial charge in [-0.25, -0.2) is 9.78 Å². The number of nitrogens with two attached hydrogens (primary N) is 1. The summed E-state index contributed by atoms with van der Waals surface area (Å²) in [5.41, 5.74) is 6.96. The molecule has 0 saturated carbocycles. The molecule has 18 heavy (non-hydrogen) atoms. The number of pyridine rings is 1. The Morgan fingerprint density at radius 2 is 2.33 bits per heavy atom. The van der Waals surface area contributed by atoms with Crippen molar-refractivity contribution in [2.75, 3.05) is 12.8 Å². The van der Waals surface area contributed by atoms with Crippen LogP contribution < -0.4 is 5.73 Å². The van der Waals surface area contributed by atoms with Crippen LogP contribution in [0.25, 0.3) is 11.0 Å². The number of esters is 1. The van der Waals surface area contributed by atoms with Crippen molar-refractivity contribution in [2.45, 2.75) is 0 Å². The quantitative estimate of drug-likeness (QED) is 0.807. The summed E-state index contributed by atoms with van der Waals surface area (Å²) >= 11 is 3.30. The number of hydrogen-bond acceptors (Lipinski definition) is 5. The van der Waals surface area contributed by atoms with E-state index >= 15 is 0 Å². The number of aromatic nitrogens is 2. The van der Waals surface area contributed by atoms with Crippen LogP contribution in [0.2, 0.25) is 0 Å². The predicted octanol–water partition coefficient (Wildman–Crippen LogP) is 1.58. The minimum absolute atomic E-state index is 0.0302. The second-order valence-electron chi connectivity index (χ2n) is 3.64. The Bertz CT molecular complexity index is 699. The molecule has 2 aromatic rings. The van der Waals surface area contributed by atoms with Gasteiger partial charge in [-0.1, -0.05) is 0 Å². The molecule has 2 aromatic heterocycles. The number of carbonyl (C=O) groups excluding carboxylic acids is 1. The molecular formula is C11H9BrN4O2. The molecule has 0 spiro atoms. The summed E-state index contributed by atoms with van der Waals surface area (Å²) in [6.45, 7) is 0. The number of fused-ring (bicyclic) bond motifs is 1. The predicted molar refractivity (Wildman–Crippen MR) is 68.9 cm³/mol. The highest BCUT2D eigenvalue weighted by Crippen LogP contribution is 2.33. The SMILES string of the molecule is COC(=O)c1nc2c(c(C#N)cn2C)c(Br)c1N. The number of carbonyl (C=O) groups is 1. The Morgan fingerprint density at radius 1 is 1.67 bits per heavy atom. The lowest BCUT2D eigenvalue weighted by Gasteiger charge is -2.07. The van der Waals surface area contributed by atoms with E-state index in [0.29, 0.717) is 21.1 Å². The second kappa shape index (κ2) is 4.31. The summed E-state index contributed by atoms with van der Waals surface area (Å²) < 4.78 is 6.75. The van der Waals surface area contributed by atoms with Gasteiger partial charge in [-0.2, -0.15) is 5.26 Å². The zero-order valence-corrected chi connectivity index (χ0v) is 11.3. The summed E-state index contributed by atoms with van der Waals surface area (Å²) in [7, 11) is 2.99. The van der Waals surface area contributed by atoms with Crippen LogP contribution in [-0.4, -0.2) is 22.6 Å². The zero-order chi connectivity index (χ0) is 13.4. The minimum atomic E-state index is -0.616. The van der Waals surface area contributed by atoms with E-state index in [0.717, 1.165) is 0 Å². The minimum Gasteiger partial charge on any atom is -0.464 e. The van der Waals surface area contributed by atoms with Crippen LogP contribution in [0.5, 0.6) is 0 Å². The first kappa shape index (κ1) is 12.4. The third-order valence-corrected chi connectivity index (χ3v) is 3.40. The van der Waals surface area contributed by atoms with E-state index < -0.39 is 5.97 Å². The number of halogens is 1. The number of aryl methyl sites for hydroxylation is 1. The molecule has 0 saturated heterocycles. The molecule has 0 atom stereocenters. The van der Waals surface area contributed by atoms with E-state index in [1.807, 2.05) is 0 Å². The monoisotopic (exact) mass is 308 g/mol. The van der Waals surface area contributed by atoms with E-state index in [1.165, 1.54) is 7.11 Å². The number of ether oxygens (including phenoxy) is 1. The van der Waals surface area contributed by atoms with Gasteiger partial charge >= 0.3 is 5.97 Å². The molecule has 2 heterocycles. The number of rotatable bonds is 1. The first-order chi connectivity index (χ1) is 8.51. The second-order valence-corrected chi connectivity index (χ2v) is 4.44. The maximum Gasteiger partial charge on any atom is 0.358 e. The number of methoxy groups -OCH3 is 1. The number of nitrogen functional groups attached to an aromatic ring is 1. The maximum absolute atomic E-state index is 11.6. The van der Waals surface area contributed by atoms with Gasteiger partial charge in [-0.15, -0.1) is 0 Å². The van der Waals surface area contributed by atoms with Crippen LogP contribution in [0.4, 0.5) is 5.69 Å². The van der Waals surface area contributed by atoms with Crippen molar-refractivity contribution in [1.29, 1.82) is 5.26 Å². The largest absolute Gasteiger partial charge is 0.464 e. The molecule has 6 nitrogen and oxygen atoms in total. The maximum atomic E-state index is 11.6. The molecule has 0 amide bonds. The van der Waals surface area contributed by atoms with Gasteiger partial charge in [0.1, 0.15) is 11.7 Å². The van der Waals surface area contributed by atoms with E-state index in [9.17, 15) is 4.79 Å². The Balaban J connectivity index is 2.90. The van der Waals surface area contributed by atoms with Crippen molar-refractivity contribution in [3.8, 4) is 6.07 Å². The van der Waals surface area contributed by atoms with E-state index in [2.05, 4.69) is 31.7 Å².